The maximum absolute atomic E-state index is 12.9. The molecule has 1 saturated heterocycles. The molecule has 1 aromatic carbocycles. The van der Waals surface area contributed by atoms with E-state index in [1.54, 1.807) is 9.47 Å². The Bertz CT molecular complexity index is 812. The summed E-state index contributed by atoms with van der Waals surface area (Å²) in [6.45, 7) is 3.43. The van der Waals surface area contributed by atoms with E-state index in [4.69, 9.17) is 0 Å². The number of β-amino-alcohol motifs (C(OH)–C–C–N with tert-alkyl or cyclic N) is 1. The Morgan fingerprint density at radius 1 is 1.30 bits per heavy atom. The molecule has 1 atom stereocenters. The number of aliphatic hydroxyl groups excluding tert-OH is 1. The topological polar surface area (TPSA) is 80.4 Å². The second-order valence-electron chi connectivity index (χ2n) is 7.17. The van der Waals surface area contributed by atoms with Crippen molar-refractivity contribution < 1.29 is 9.90 Å². The zero-order chi connectivity index (χ0) is 19.2. The third-order valence-corrected chi connectivity index (χ3v) is 4.97. The van der Waals surface area contributed by atoms with Gasteiger partial charge in [0, 0.05) is 19.5 Å². The Labute approximate surface area is 159 Å². The van der Waals surface area contributed by atoms with Gasteiger partial charge < -0.3 is 10.0 Å². The zero-order valence-corrected chi connectivity index (χ0v) is 15.9. The molecule has 0 radical (unpaired) electrons. The Balaban J connectivity index is 1.80. The standard InChI is InChI=1S/C20H28N4O3/c1-2-3-11-18-21-24(15-19(26)22-12-7-10-17(25)14-22)20(27)23(18)13-16-8-5-4-6-9-16/h4-6,8-9,17,25H,2-3,7,10-15H2,1H3/t17-/m1/s1. The average Bonchev–Trinajstić information content (AvgIpc) is 2.96. The van der Waals surface area contributed by atoms with Crippen LogP contribution in [-0.2, 0) is 24.3 Å². The van der Waals surface area contributed by atoms with E-state index in [0.29, 0.717) is 26.1 Å². The number of hydrogen-bond acceptors (Lipinski definition) is 4. The number of aliphatic hydroxyl groups is 1. The van der Waals surface area contributed by atoms with Gasteiger partial charge in [0.05, 0.1) is 12.6 Å². The molecule has 27 heavy (non-hydrogen) atoms. The van der Waals surface area contributed by atoms with Gasteiger partial charge in [-0.15, -0.1) is 0 Å². The molecule has 0 aliphatic carbocycles. The van der Waals surface area contributed by atoms with E-state index in [1.165, 1.54) is 4.68 Å². The lowest BCUT2D eigenvalue weighted by atomic mass is 10.1. The van der Waals surface area contributed by atoms with Crippen molar-refractivity contribution in [1.82, 2.24) is 19.2 Å². The van der Waals surface area contributed by atoms with Crippen molar-refractivity contribution in [2.24, 2.45) is 0 Å². The summed E-state index contributed by atoms with van der Waals surface area (Å²) in [6.07, 6.45) is 3.69. The summed E-state index contributed by atoms with van der Waals surface area (Å²) in [5.74, 6) is 0.555. The number of rotatable bonds is 7. The van der Waals surface area contributed by atoms with Gasteiger partial charge in [0.25, 0.3) is 0 Å². The molecule has 1 aromatic heterocycles. The first kappa shape index (κ1) is 19.4. The van der Waals surface area contributed by atoms with Crippen molar-refractivity contribution in [3.63, 3.8) is 0 Å². The van der Waals surface area contributed by atoms with E-state index < -0.39 is 6.10 Å². The van der Waals surface area contributed by atoms with Gasteiger partial charge in [-0.1, -0.05) is 43.7 Å². The van der Waals surface area contributed by atoms with Gasteiger partial charge >= 0.3 is 5.69 Å². The highest BCUT2D eigenvalue weighted by Gasteiger charge is 2.24. The molecule has 146 valence electrons. The number of piperidine rings is 1. The summed E-state index contributed by atoms with van der Waals surface area (Å²) in [4.78, 5) is 27.1. The minimum atomic E-state index is -0.477. The van der Waals surface area contributed by atoms with Crippen molar-refractivity contribution in [1.29, 1.82) is 0 Å². The summed E-state index contributed by atoms with van der Waals surface area (Å²) < 4.78 is 2.95. The summed E-state index contributed by atoms with van der Waals surface area (Å²) in [6, 6.07) is 9.80. The molecule has 0 spiro atoms. The third kappa shape index (κ3) is 4.86. The molecule has 1 N–H and O–H groups in total. The van der Waals surface area contributed by atoms with Crippen molar-refractivity contribution in [3.05, 3.63) is 52.2 Å². The Morgan fingerprint density at radius 3 is 2.78 bits per heavy atom. The van der Waals surface area contributed by atoms with Crippen LogP contribution in [0.25, 0.3) is 0 Å². The van der Waals surface area contributed by atoms with Gasteiger partial charge in [-0.2, -0.15) is 5.10 Å². The molecular weight excluding hydrogens is 344 g/mol. The SMILES string of the molecule is CCCCc1nn(CC(=O)N2CCC[C@@H](O)C2)c(=O)n1Cc1ccccc1. The molecule has 0 saturated carbocycles. The lowest BCUT2D eigenvalue weighted by Gasteiger charge is -2.29. The normalized spacial score (nSPS) is 17.3. The van der Waals surface area contributed by atoms with E-state index in [-0.39, 0.29) is 18.1 Å². The largest absolute Gasteiger partial charge is 0.391 e. The van der Waals surface area contributed by atoms with Gasteiger partial charge in [0.1, 0.15) is 12.4 Å². The van der Waals surface area contributed by atoms with E-state index >= 15 is 0 Å². The minimum Gasteiger partial charge on any atom is -0.391 e. The lowest BCUT2D eigenvalue weighted by molar-refractivity contribution is -0.135. The van der Waals surface area contributed by atoms with Crippen LogP contribution in [0, 0.1) is 0 Å². The summed E-state index contributed by atoms with van der Waals surface area (Å²) in [5, 5.41) is 14.2. The number of likely N-dealkylation sites (tertiary alicyclic amines) is 1. The Hall–Kier alpha value is -2.41. The lowest BCUT2D eigenvalue weighted by Crippen LogP contribution is -2.44. The molecule has 7 heteroatoms. The summed E-state index contributed by atoms with van der Waals surface area (Å²) >= 11 is 0. The molecule has 2 aromatic rings. The van der Waals surface area contributed by atoms with Crippen molar-refractivity contribution >= 4 is 5.91 Å². The fourth-order valence-corrected chi connectivity index (χ4v) is 3.44. The van der Waals surface area contributed by atoms with E-state index in [0.717, 1.165) is 37.1 Å². The predicted octanol–water partition coefficient (Wildman–Crippen LogP) is 1.42. The predicted molar refractivity (Wildman–Crippen MR) is 102 cm³/mol. The van der Waals surface area contributed by atoms with E-state index in [9.17, 15) is 14.7 Å². The second-order valence-corrected chi connectivity index (χ2v) is 7.17. The maximum Gasteiger partial charge on any atom is 0.346 e. The molecule has 7 nitrogen and oxygen atoms in total. The van der Waals surface area contributed by atoms with Gasteiger partial charge in [-0.05, 0) is 24.8 Å². The molecular formula is C20H28N4O3. The smallest absolute Gasteiger partial charge is 0.346 e. The maximum atomic E-state index is 12.9. The minimum absolute atomic E-state index is 0.0769. The van der Waals surface area contributed by atoms with Gasteiger partial charge in [0.15, 0.2) is 0 Å². The molecule has 0 bridgehead atoms. The number of aryl methyl sites for hydroxylation is 1. The van der Waals surface area contributed by atoms with Crippen LogP contribution in [0.15, 0.2) is 35.1 Å². The van der Waals surface area contributed by atoms with Crippen molar-refractivity contribution in [3.8, 4) is 0 Å². The number of unbranched alkanes of at least 4 members (excludes halogenated alkanes) is 1. The van der Waals surface area contributed by atoms with Gasteiger partial charge in [-0.25, -0.2) is 9.48 Å². The van der Waals surface area contributed by atoms with Gasteiger partial charge in [-0.3, -0.25) is 9.36 Å². The van der Waals surface area contributed by atoms with E-state index in [2.05, 4.69) is 12.0 Å². The van der Waals surface area contributed by atoms with Crippen LogP contribution >= 0.6 is 0 Å². The first-order chi connectivity index (χ1) is 13.1. The highest BCUT2D eigenvalue weighted by molar-refractivity contribution is 5.76. The number of aromatic nitrogens is 3. The first-order valence-electron chi connectivity index (χ1n) is 9.74. The summed E-state index contributed by atoms with van der Waals surface area (Å²) in [5.41, 5.74) is 0.776. The number of hydrogen-bond donors (Lipinski definition) is 1. The number of amides is 1. The quantitative estimate of drug-likeness (QED) is 0.797. The molecule has 1 aliphatic rings. The van der Waals surface area contributed by atoms with Crippen molar-refractivity contribution in [2.75, 3.05) is 13.1 Å². The summed E-state index contributed by atoms with van der Waals surface area (Å²) in [7, 11) is 0. The highest BCUT2D eigenvalue weighted by Crippen LogP contribution is 2.11. The average molecular weight is 372 g/mol. The monoisotopic (exact) mass is 372 g/mol. The van der Waals surface area contributed by atoms with Crippen LogP contribution in [0.5, 0.6) is 0 Å². The highest BCUT2D eigenvalue weighted by atomic mass is 16.3. The first-order valence-corrected chi connectivity index (χ1v) is 9.74. The van der Waals surface area contributed by atoms with Gasteiger partial charge in [0.2, 0.25) is 5.91 Å². The van der Waals surface area contributed by atoms with Crippen molar-refractivity contribution in [2.45, 2.75) is 58.2 Å². The number of benzene rings is 1. The number of carbonyl (C=O) groups is 1. The van der Waals surface area contributed by atoms with Crippen LogP contribution in [0.4, 0.5) is 0 Å². The van der Waals surface area contributed by atoms with Crippen LogP contribution in [-0.4, -0.2) is 49.5 Å². The second kappa shape index (κ2) is 8.99. The Kier molecular flexibility index (Phi) is 6.45. The molecule has 1 amide bonds. The fraction of sp³-hybridized carbons (Fsp3) is 0.550. The third-order valence-electron chi connectivity index (χ3n) is 4.97. The molecule has 3 rings (SSSR count). The van der Waals surface area contributed by atoms with Crippen LogP contribution < -0.4 is 5.69 Å². The van der Waals surface area contributed by atoms with Crippen LogP contribution in [0.1, 0.15) is 44.0 Å². The molecule has 0 unspecified atom stereocenters. The fourth-order valence-electron chi connectivity index (χ4n) is 3.44. The number of nitrogens with zero attached hydrogens (tertiary/aromatic N) is 4. The zero-order valence-electron chi connectivity index (χ0n) is 15.9. The number of carbonyl (C=O) groups excluding carboxylic acids is 1. The Morgan fingerprint density at radius 2 is 2.07 bits per heavy atom. The molecule has 1 aliphatic heterocycles. The molecule has 1 fully saturated rings. The van der Waals surface area contributed by atoms with Crippen LogP contribution in [0.2, 0.25) is 0 Å². The van der Waals surface area contributed by atoms with E-state index in [1.807, 2.05) is 30.3 Å². The van der Waals surface area contributed by atoms with Crippen LogP contribution in [0.3, 0.4) is 0 Å². The molecule has 2 heterocycles.